The van der Waals surface area contributed by atoms with Gasteiger partial charge in [0.2, 0.25) is 0 Å². The minimum absolute atomic E-state index is 0.0634. The number of carbonyl (C=O) groups excluding carboxylic acids is 1. The van der Waals surface area contributed by atoms with Crippen LogP contribution in [-0.2, 0) is 9.47 Å². The fraction of sp³-hybridized carbons (Fsp3) is 0.632. The minimum Gasteiger partial charge on any atom is -0.382 e. The Labute approximate surface area is 151 Å². The van der Waals surface area contributed by atoms with Gasteiger partial charge in [-0.2, -0.15) is 0 Å². The number of anilines is 1. The highest BCUT2D eigenvalue weighted by molar-refractivity contribution is 5.94. The number of carbonyl (C=O) groups is 1. The van der Waals surface area contributed by atoms with Gasteiger partial charge in [0.1, 0.15) is 0 Å². The molecule has 1 amide bonds. The van der Waals surface area contributed by atoms with Crippen LogP contribution in [0, 0.1) is 0 Å². The first-order valence-electron chi connectivity index (χ1n) is 9.05. The molecule has 1 aromatic carbocycles. The van der Waals surface area contributed by atoms with Crippen molar-refractivity contribution in [2.24, 2.45) is 0 Å². The Kier molecular flexibility index (Phi) is 8.18. The smallest absolute Gasteiger partial charge is 0.251 e. The number of ether oxygens (including phenoxy) is 2. The molecule has 1 aliphatic rings. The van der Waals surface area contributed by atoms with Crippen LogP contribution >= 0.6 is 0 Å². The summed E-state index contributed by atoms with van der Waals surface area (Å²) in [6.07, 6.45) is 0. The molecule has 0 radical (unpaired) electrons. The molecule has 0 aromatic heterocycles. The molecule has 1 fully saturated rings. The molecule has 6 nitrogen and oxygen atoms in total. The van der Waals surface area contributed by atoms with Gasteiger partial charge < -0.3 is 19.7 Å². The van der Waals surface area contributed by atoms with Gasteiger partial charge >= 0.3 is 0 Å². The molecule has 25 heavy (non-hydrogen) atoms. The third-order valence-corrected chi connectivity index (χ3v) is 4.50. The van der Waals surface area contributed by atoms with Gasteiger partial charge in [-0.1, -0.05) is 0 Å². The molecule has 1 N–H and O–H groups in total. The molecule has 1 aromatic rings. The summed E-state index contributed by atoms with van der Waals surface area (Å²) in [5.41, 5.74) is 1.87. The van der Waals surface area contributed by atoms with Crippen LogP contribution in [0.4, 0.5) is 5.69 Å². The Morgan fingerprint density at radius 1 is 1.08 bits per heavy atom. The van der Waals surface area contributed by atoms with E-state index in [2.05, 4.69) is 29.0 Å². The van der Waals surface area contributed by atoms with Crippen molar-refractivity contribution in [1.29, 1.82) is 0 Å². The third-order valence-electron chi connectivity index (χ3n) is 4.50. The second kappa shape index (κ2) is 10.4. The summed E-state index contributed by atoms with van der Waals surface area (Å²) in [5, 5.41) is 2.87. The van der Waals surface area contributed by atoms with Crippen molar-refractivity contribution >= 4 is 11.6 Å². The monoisotopic (exact) mass is 349 g/mol. The van der Waals surface area contributed by atoms with E-state index in [0.29, 0.717) is 38.0 Å². The lowest BCUT2D eigenvalue weighted by Gasteiger charge is -2.38. The lowest BCUT2D eigenvalue weighted by molar-refractivity contribution is 0.0692. The summed E-state index contributed by atoms with van der Waals surface area (Å²) in [6.45, 7) is 10.8. The van der Waals surface area contributed by atoms with E-state index < -0.39 is 0 Å². The van der Waals surface area contributed by atoms with Gasteiger partial charge in [-0.3, -0.25) is 9.69 Å². The number of benzene rings is 1. The topological polar surface area (TPSA) is 54.0 Å². The van der Waals surface area contributed by atoms with Crippen LogP contribution in [-0.4, -0.2) is 76.5 Å². The standard InChI is InChI=1S/C19H31N3O3/c1-16(2)21-9-11-22(12-10-21)18-6-4-17(5-7-18)19(23)20-8-13-25-15-14-24-3/h4-7,16H,8-15H2,1-3H3,(H,20,23). The average Bonchev–Trinajstić information content (AvgIpc) is 2.64. The van der Waals surface area contributed by atoms with Crippen LogP contribution in [0.3, 0.4) is 0 Å². The van der Waals surface area contributed by atoms with Crippen LogP contribution in [0.15, 0.2) is 24.3 Å². The molecular weight excluding hydrogens is 318 g/mol. The normalized spacial score (nSPS) is 15.6. The van der Waals surface area contributed by atoms with Crippen molar-refractivity contribution in [3.8, 4) is 0 Å². The van der Waals surface area contributed by atoms with E-state index in [4.69, 9.17) is 9.47 Å². The van der Waals surface area contributed by atoms with Crippen molar-refractivity contribution in [2.75, 3.05) is 64.6 Å². The molecule has 140 valence electrons. The molecule has 1 heterocycles. The molecule has 0 aliphatic carbocycles. The molecule has 2 rings (SSSR count). The van der Waals surface area contributed by atoms with Gasteiger partial charge in [-0.05, 0) is 38.1 Å². The van der Waals surface area contributed by atoms with Crippen LogP contribution in [0.1, 0.15) is 24.2 Å². The van der Waals surface area contributed by atoms with E-state index >= 15 is 0 Å². The summed E-state index contributed by atoms with van der Waals surface area (Å²) in [5.74, 6) is -0.0634. The zero-order valence-corrected chi connectivity index (χ0v) is 15.7. The number of nitrogens with one attached hydrogen (secondary N) is 1. The summed E-state index contributed by atoms with van der Waals surface area (Å²) < 4.78 is 10.2. The van der Waals surface area contributed by atoms with E-state index in [9.17, 15) is 4.79 Å². The maximum atomic E-state index is 12.1. The van der Waals surface area contributed by atoms with Crippen LogP contribution in [0.25, 0.3) is 0 Å². The second-order valence-corrected chi connectivity index (χ2v) is 6.52. The maximum Gasteiger partial charge on any atom is 0.251 e. The SMILES string of the molecule is COCCOCCNC(=O)c1ccc(N2CCN(C(C)C)CC2)cc1. The van der Waals surface area contributed by atoms with E-state index in [1.807, 2.05) is 24.3 Å². The second-order valence-electron chi connectivity index (χ2n) is 6.52. The predicted molar refractivity (Wildman–Crippen MR) is 100 cm³/mol. The average molecular weight is 349 g/mol. The van der Waals surface area contributed by atoms with Crippen LogP contribution in [0.5, 0.6) is 0 Å². The van der Waals surface area contributed by atoms with Crippen LogP contribution in [0.2, 0.25) is 0 Å². The Balaban J connectivity index is 1.75. The Hall–Kier alpha value is -1.63. The molecule has 6 heteroatoms. The minimum atomic E-state index is -0.0634. The van der Waals surface area contributed by atoms with Gasteiger partial charge in [0.25, 0.3) is 5.91 Å². The molecule has 0 spiro atoms. The Bertz CT molecular complexity index is 511. The van der Waals surface area contributed by atoms with Gasteiger partial charge in [0, 0.05) is 57.1 Å². The molecular formula is C19H31N3O3. The first-order valence-corrected chi connectivity index (χ1v) is 9.05. The first-order chi connectivity index (χ1) is 12.1. The molecule has 1 aliphatic heterocycles. The van der Waals surface area contributed by atoms with E-state index in [1.165, 1.54) is 5.69 Å². The number of piperazine rings is 1. The molecule has 0 unspecified atom stereocenters. The molecule has 0 atom stereocenters. The first kappa shape index (κ1) is 19.7. The van der Waals surface area contributed by atoms with E-state index in [0.717, 1.165) is 26.2 Å². The zero-order valence-electron chi connectivity index (χ0n) is 15.7. The number of hydrogen-bond donors (Lipinski definition) is 1. The highest BCUT2D eigenvalue weighted by Crippen LogP contribution is 2.18. The number of nitrogens with zero attached hydrogens (tertiary/aromatic N) is 2. The van der Waals surface area contributed by atoms with E-state index in [1.54, 1.807) is 7.11 Å². The number of rotatable bonds is 9. The van der Waals surface area contributed by atoms with Crippen molar-refractivity contribution in [1.82, 2.24) is 10.2 Å². The van der Waals surface area contributed by atoms with Crippen molar-refractivity contribution in [2.45, 2.75) is 19.9 Å². The fourth-order valence-corrected chi connectivity index (χ4v) is 2.90. The lowest BCUT2D eigenvalue weighted by Crippen LogP contribution is -2.48. The maximum absolute atomic E-state index is 12.1. The summed E-state index contributed by atoms with van der Waals surface area (Å²) >= 11 is 0. The molecule has 0 saturated carbocycles. The van der Waals surface area contributed by atoms with Gasteiger partial charge in [-0.25, -0.2) is 0 Å². The highest BCUT2D eigenvalue weighted by Gasteiger charge is 2.19. The predicted octanol–water partition coefficient (Wildman–Crippen LogP) is 1.61. The lowest BCUT2D eigenvalue weighted by atomic mass is 10.1. The third kappa shape index (κ3) is 6.30. The summed E-state index contributed by atoms with van der Waals surface area (Å²) in [7, 11) is 1.64. The summed E-state index contributed by atoms with van der Waals surface area (Å²) in [6, 6.07) is 8.47. The van der Waals surface area contributed by atoms with Crippen molar-refractivity contribution in [3.63, 3.8) is 0 Å². The fourth-order valence-electron chi connectivity index (χ4n) is 2.90. The van der Waals surface area contributed by atoms with Gasteiger partial charge in [0.05, 0.1) is 19.8 Å². The molecule has 0 bridgehead atoms. The number of amides is 1. The van der Waals surface area contributed by atoms with Gasteiger partial charge in [0.15, 0.2) is 0 Å². The quantitative estimate of drug-likeness (QED) is 0.687. The van der Waals surface area contributed by atoms with E-state index in [-0.39, 0.29) is 5.91 Å². The zero-order chi connectivity index (χ0) is 18.1. The largest absolute Gasteiger partial charge is 0.382 e. The Morgan fingerprint density at radius 2 is 1.76 bits per heavy atom. The number of methoxy groups -OCH3 is 1. The van der Waals surface area contributed by atoms with Crippen molar-refractivity contribution in [3.05, 3.63) is 29.8 Å². The number of hydrogen-bond acceptors (Lipinski definition) is 5. The summed E-state index contributed by atoms with van der Waals surface area (Å²) in [4.78, 5) is 17.0. The van der Waals surface area contributed by atoms with Gasteiger partial charge in [-0.15, -0.1) is 0 Å². The highest BCUT2D eigenvalue weighted by atomic mass is 16.5. The van der Waals surface area contributed by atoms with Crippen LogP contribution < -0.4 is 10.2 Å². The Morgan fingerprint density at radius 3 is 2.36 bits per heavy atom. The molecule has 1 saturated heterocycles. The van der Waals surface area contributed by atoms with Crippen molar-refractivity contribution < 1.29 is 14.3 Å².